The molecule has 1 aliphatic carbocycles. The van der Waals surface area contributed by atoms with Gasteiger partial charge >= 0.3 is 0 Å². The molecule has 0 atom stereocenters. The second-order valence-electron chi connectivity index (χ2n) is 5.29. The van der Waals surface area contributed by atoms with E-state index in [4.69, 9.17) is 5.73 Å². The van der Waals surface area contributed by atoms with Gasteiger partial charge in [-0.25, -0.2) is 4.98 Å². The zero-order valence-corrected chi connectivity index (χ0v) is 11.6. The van der Waals surface area contributed by atoms with Gasteiger partial charge in [-0.1, -0.05) is 12.8 Å². The lowest BCUT2D eigenvalue weighted by molar-refractivity contribution is 0.542. The van der Waals surface area contributed by atoms with Gasteiger partial charge in [-0.2, -0.15) is 15.0 Å². The topological polar surface area (TPSA) is 85.8 Å². The minimum atomic E-state index is 0.233. The van der Waals surface area contributed by atoms with Crippen LogP contribution in [-0.4, -0.2) is 38.1 Å². The van der Waals surface area contributed by atoms with Crippen LogP contribution in [0.5, 0.6) is 0 Å². The monoisotopic (exact) mass is 273 g/mol. The van der Waals surface area contributed by atoms with E-state index in [0.717, 1.165) is 12.5 Å². The van der Waals surface area contributed by atoms with Crippen molar-refractivity contribution >= 4 is 11.9 Å². The Balaban J connectivity index is 1.81. The maximum Gasteiger partial charge on any atom is 0.241 e. The molecule has 0 spiro atoms. The largest absolute Gasteiger partial charge is 0.368 e. The predicted octanol–water partition coefficient (Wildman–Crippen LogP) is 1.27. The van der Waals surface area contributed by atoms with Crippen LogP contribution >= 0.6 is 0 Å². The first-order valence-corrected chi connectivity index (χ1v) is 6.93. The summed E-state index contributed by atoms with van der Waals surface area (Å²) in [5, 5.41) is 0. The number of anilines is 2. The van der Waals surface area contributed by atoms with Crippen LogP contribution in [0.3, 0.4) is 0 Å². The lowest BCUT2D eigenvalue weighted by Gasteiger charge is -2.21. The third-order valence-corrected chi connectivity index (χ3v) is 3.71. The Labute approximate surface area is 117 Å². The summed E-state index contributed by atoms with van der Waals surface area (Å²) < 4.78 is 1.73. The number of hydrogen-bond donors (Lipinski definition) is 1. The maximum absolute atomic E-state index is 5.79. The summed E-state index contributed by atoms with van der Waals surface area (Å²) in [6.07, 6.45) is 10.4. The highest BCUT2D eigenvalue weighted by Crippen LogP contribution is 2.26. The molecule has 7 heteroatoms. The van der Waals surface area contributed by atoms with Crippen molar-refractivity contribution in [2.24, 2.45) is 5.92 Å². The number of hydrogen-bond acceptors (Lipinski definition) is 6. The fraction of sp³-hybridized carbons (Fsp3) is 0.538. The van der Waals surface area contributed by atoms with E-state index in [0.29, 0.717) is 11.9 Å². The number of nitrogens with zero attached hydrogens (tertiary/aromatic N) is 6. The molecule has 0 aromatic carbocycles. The van der Waals surface area contributed by atoms with Gasteiger partial charge in [0.25, 0.3) is 0 Å². The van der Waals surface area contributed by atoms with Gasteiger partial charge in [-0.05, 0) is 18.8 Å². The van der Waals surface area contributed by atoms with E-state index in [1.54, 1.807) is 23.3 Å². The lowest BCUT2D eigenvalue weighted by Crippen LogP contribution is -2.26. The summed E-state index contributed by atoms with van der Waals surface area (Å²) in [7, 11) is 2.00. The fourth-order valence-corrected chi connectivity index (χ4v) is 2.69. The van der Waals surface area contributed by atoms with Gasteiger partial charge < -0.3 is 10.6 Å². The van der Waals surface area contributed by atoms with Gasteiger partial charge in [0, 0.05) is 26.0 Å². The van der Waals surface area contributed by atoms with Crippen LogP contribution in [0.4, 0.5) is 11.9 Å². The smallest absolute Gasteiger partial charge is 0.241 e. The van der Waals surface area contributed by atoms with Crippen molar-refractivity contribution in [2.45, 2.75) is 25.7 Å². The van der Waals surface area contributed by atoms with Crippen LogP contribution in [0.25, 0.3) is 5.95 Å². The van der Waals surface area contributed by atoms with Crippen molar-refractivity contribution in [3.8, 4) is 5.95 Å². The van der Waals surface area contributed by atoms with Gasteiger partial charge in [-0.3, -0.25) is 4.57 Å². The summed E-state index contributed by atoms with van der Waals surface area (Å²) in [5.41, 5.74) is 5.79. The van der Waals surface area contributed by atoms with Crippen molar-refractivity contribution in [3.63, 3.8) is 0 Å². The number of aromatic nitrogens is 5. The van der Waals surface area contributed by atoms with E-state index in [1.807, 2.05) is 7.05 Å². The molecule has 20 heavy (non-hydrogen) atoms. The van der Waals surface area contributed by atoms with Crippen LogP contribution in [0, 0.1) is 5.92 Å². The zero-order chi connectivity index (χ0) is 13.9. The molecular weight excluding hydrogens is 254 g/mol. The molecule has 0 aliphatic heterocycles. The van der Waals surface area contributed by atoms with E-state index >= 15 is 0 Å². The SMILES string of the molecule is CN(CC1CCCC1)c1nc(N)nc(-n2ccnc2)n1. The highest BCUT2D eigenvalue weighted by Gasteiger charge is 2.19. The van der Waals surface area contributed by atoms with Crippen molar-refractivity contribution in [1.29, 1.82) is 0 Å². The van der Waals surface area contributed by atoms with Gasteiger partial charge in [-0.15, -0.1) is 0 Å². The van der Waals surface area contributed by atoms with Crippen LogP contribution in [0.15, 0.2) is 18.7 Å². The van der Waals surface area contributed by atoms with Crippen molar-refractivity contribution in [3.05, 3.63) is 18.7 Å². The molecule has 0 bridgehead atoms. The minimum absolute atomic E-state index is 0.233. The van der Waals surface area contributed by atoms with E-state index < -0.39 is 0 Å². The van der Waals surface area contributed by atoms with Gasteiger partial charge in [0.15, 0.2) is 0 Å². The molecular formula is C13H19N7. The fourth-order valence-electron chi connectivity index (χ4n) is 2.69. The standard InChI is InChI=1S/C13H19N7/c1-19(8-10-4-2-3-5-10)12-16-11(14)17-13(18-12)20-7-6-15-9-20/h6-7,9-10H,2-5,8H2,1H3,(H2,14,16,17,18). The average molecular weight is 273 g/mol. The molecule has 2 aromatic heterocycles. The highest BCUT2D eigenvalue weighted by atomic mass is 15.3. The second-order valence-corrected chi connectivity index (χ2v) is 5.29. The summed E-state index contributed by atoms with van der Waals surface area (Å²) >= 11 is 0. The van der Waals surface area contributed by atoms with E-state index in [-0.39, 0.29) is 5.95 Å². The van der Waals surface area contributed by atoms with Crippen molar-refractivity contribution in [2.75, 3.05) is 24.2 Å². The van der Waals surface area contributed by atoms with Crippen LogP contribution < -0.4 is 10.6 Å². The molecule has 2 heterocycles. The van der Waals surface area contributed by atoms with E-state index in [1.165, 1.54) is 25.7 Å². The molecule has 1 aliphatic rings. The summed E-state index contributed by atoms with van der Waals surface area (Å²) in [5.74, 6) is 2.09. The number of nitrogen functional groups attached to an aromatic ring is 1. The molecule has 0 saturated heterocycles. The Morgan fingerprint density at radius 2 is 2.10 bits per heavy atom. The molecule has 0 radical (unpaired) electrons. The molecule has 3 rings (SSSR count). The Bertz CT molecular complexity index is 560. The van der Waals surface area contributed by atoms with Crippen LogP contribution in [0.2, 0.25) is 0 Å². The first-order chi connectivity index (χ1) is 9.72. The van der Waals surface area contributed by atoms with Crippen molar-refractivity contribution in [1.82, 2.24) is 24.5 Å². The zero-order valence-electron chi connectivity index (χ0n) is 11.6. The lowest BCUT2D eigenvalue weighted by atomic mass is 10.1. The second kappa shape index (κ2) is 5.44. The molecule has 0 amide bonds. The molecule has 2 aromatic rings. The van der Waals surface area contributed by atoms with E-state index in [2.05, 4.69) is 24.8 Å². The third kappa shape index (κ3) is 2.71. The third-order valence-electron chi connectivity index (χ3n) is 3.71. The molecule has 1 saturated carbocycles. The van der Waals surface area contributed by atoms with Crippen LogP contribution in [-0.2, 0) is 0 Å². The first kappa shape index (κ1) is 12.8. The summed E-state index contributed by atoms with van der Waals surface area (Å²) in [4.78, 5) is 18.9. The summed E-state index contributed by atoms with van der Waals surface area (Å²) in [6, 6.07) is 0. The Kier molecular flexibility index (Phi) is 3.49. The molecule has 2 N–H and O–H groups in total. The molecule has 1 fully saturated rings. The van der Waals surface area contributed by atoms with Crippen LogP contribution in [0.1, 0.15) is 25.7 Å². The number of imidazole rings is 1. The van der Waals surface area contributed by atoms with Gasteiger partial charge in [0.05, 0.1) is 0 Å². The Morgan fingerprint density at radius 3 is 2.80 bits per heavy atom. The van der Waals surface area contributed by atoms with E-state index in [9.17, 15) is 0 Å². The predicted molar refractivity (Wildman–Crippen MR) is 76.6 cm³/mol. The number of nitrogens with two attached hydrogens (primary N) is 1. The maximum atomic E-state index is 5.79. The highest BCUT2D eigenvalue weighted by molar-refractivity contribution is 5.37. The summed E-state index contributed by atoms with van der Waals surface area (Å²) in [6.45, 7) is 0.965. The number of rotatable bonds is 4. The first-order valence-electron chi connectivity index (χ1n) is 6.93. The van der Waals surface area contributed by atoms with Gasteiger partial charge in [0.2, 0.25) is 17.8 Å². The molecule has 106 valence electrons. The Morgan fingerprint density at radius 1 is 1.30 bits per heavy atom. The van der Waals surface area contributed by atoms with Crippen molar-refractivity contribution < 1.29 is 0 Å². The minimum Gasteiger partial charge on any atom is -0.368 e. The molecule has 7 nitrogen and oxygen atoms in total. The molecule has 0 unspecified atom stereocenters. The quantitative estimate of drug-likeness (QED) is 0.902. The Hall–Kier alpha value is -2.18. The average Bonchev–Trinajstić information content (AvgIpc) is 3.11. The normalized spacial score (nSPS) is 15.7. The van der Waals surface area contributed by atoms with Gasteiger partial charge in [0.1, 0.15) is 6.33 Å².